The van der Waals surface area contributed by atoms with E-state index in [1.165, 1.54) is 12.0 Å². The summed E-state index contributed by atoms with van der Waals surface area (Å²) in [7, 11) is 0. The third-order valence-electron chi connectivity index (χ3n) is 3.80. The number of para-hydroxylation sites is 1. The summed E-state index contributed by atoms with van der Waals surface area (Å²) in [6.07, 6.45) is 1.25. The van der Waals surface area contributed by atoms with Gasteiger partial charge in [-0.05, 0) is 31.9 Å². The quantitative estimate of drug-likeness (QED) is 0.829. The van der Waals surface area contributed by atoms with Crippen LogP contribution in [0.3, 0.4) is 0 Å². The Bertz CT molecular complexity index is 400. The molecule has 0 saturated carbocycles. The molecule has 1 N–H and O–H groups in total. The van der Waals surface area contributed by atoms with E-state index in [1.54, 1.807) is 0 Å². The van der Waals surface area contributed by atoms with Crippen molar-refractivity contribution in [1.29, 1.82) is 0 Å². The fourth-order valence-electron chi connectivity index (χ4n) is 2.91. The first-order valence-corrected chi connectivity index (χ1v) is 7.86. The Hall–Kier alpha value is -1.06. The average Bonchev–Trinajstić information content (AvgIpc) is 2.94. The maximum atomic E-state index is 5.76. The molecule has 0 amide bonds. The number of rotatable bonds is 7. The lowest BCUT2D eigenvalue weighted by molar-refractivity contribution is 0.174. The molecule has 112 valence electrons. The first kappa shape index (κ1) is 15.3. The molecule has 1 saturated heterocycles. The Morgan fingerprint density at radius 3 is 2.80 bits per heavy atom. The van der Waals surface area contributed by atoms with Gasteiger partial charge in [-0.2, -0.15) is 0 Å². The Balaban J connectivity index is 2.09. The van der Waals surface area contributed by atoms with Gasteiger partial charge < -0.3 is 10.1 Å². The van der Waals surface area contributed by atoms with E-state index < -0.39 is 0 Å². The largest absolute Gasteiger partial charge is 0.494 e. The third kappa shape index (κ3) is 4.22. The molecule has 0 aromatic heterocycles. The molecule has 0 unspecified atom stereocenters. The highest BCUT2D eigenvalue weighted by atomic mass is 16.5. The molecule has 1 aromatic carbocycles. The number of nitrogens with one attached hydrogen (secondary N) is 1. The van der Waals surface area contributed by atoms with Crippen molar-refractivity contribution in [2.75, 3.05) is 26.2 Å². The van der Waals surface area contributed by atoms with Crippen LogP contribution in [0.1, 0.15) is 32.8 Å². The average molecular weight is 276 g/mol. The highest BCUT2D eigenvalue weighted by Crippen LogP contribution is 2.22. The molecule has 1 aliphatic rings. The van der Waals surface area contributed by atoms with Crippen LogP contribution in [0.15, 0.2) is 24.3 Å². The van der Waals surface area contributed by atoms with Crippen LogP contribution in [0.2, 0.25) is 0 Å². The van der Waals surface area contributed by atoms with Crippen molar-refractivity contribution in [3.8, 4) is 5.75 Å². The van der Waals surface area contributed by atoms with Crippen molar-refractivity contribution in [3.63, 3.8) is 0 Å². The lowest BCUT2D eigenvalue weighted by atomic mass is 10.1. The summed E-state index contributed by atoms with van der Waals surface area (Å²) in [6.45, 7) is 11.8. The number of hydrogen-bond acceptors (Lipinski definition) is 3. The van der Waals surface area contributed by atoms with Crippen molar-refractivity contribution in [2.45, 2.75) is 39.8 Å². The second-order valence-electron chi connectivity index (χ2n) is 6.01. The van der Waals surface area contributed by atoms with Crippen LogP contribution >= 0.6 is 0 Å². The van der Waals surface area contributed by atoms with Gasteiger partial charge in [0.2, 0.25) is 0 Å². The predicted octanol–water partition coefficient (Wildman–Crippen LogP) is 2.91. The second kappa shape index (κ2) is 7.65. The maximum Gasteiger partial charge on any atom is 0.123 e. The molecule has 0 aliphatic carbocycles. The molecule has 1 atom stereocenters. The lowest BCUT2D eigenvalue weighted by Gasteiger charge is -2.30. The minimum Gasteiger partial charge on any atom is -0.494 e. The molecule has 20 heavy (non-hydrogen) atoms. The van der Waals surface area contributed by atoms with E-state index in [0.717, 1.165) is 38.5 Å². The monoisotopic (exact) mass is 276 g/mol. The van der Waals surface area contributed by atoms with E-state index in [2.05, 4.69) is 48.3 Å². The minimum atomic E-state index is 0.659. The first-order valence-electron chi connectivity index (χ1n) is 7.86. The van der Waals surface area contributed by atoms with Crippen molar-refractivity contribution in [1.82, 2.24) is 10.2 Å². The molecule has 3 nitrogen and oxygen atoms in total. The number of benzene rings is 1. The molecule has 1 aliphatic heterocycles. The fourth-order valence-corrected chi connectivity index (χ4v) is 2.91. The topological polar surface area (TPSA) is 24.5 Å². The zero-order chi connectivity index (χ0) is 14.4. The molecule has 1 fully saturated rings. The maximum absolute atomic E-state index is 5.76. The Labute approximate surface area is 123 Å². The van der Waals surface area contributed by atoms with Gasteiger partial charge in [0.25, 0.3) is 0 Å². The summed E-state index contributed by atoms with van der Waals surface area (Å²) in [4.78, 5) is 2.61. The van der Waals surface area contributed by atoms with Crippen LogP contribution in [0.5, 0.6) is 5.75 Å². The summed E-state index contributed by atoms with van der Waals surface area (Å²) in [6, 6.07) is 9.10. The summed E-state index contributed by atoms with van der Waals surface area (Å²) >= 11 is 0. The highest BCUT2D eigenvalue weighted by molar-refractivity contribution is 5.33. The highest BCUT2D eigenvalue weighted by Gasteiger charge is 2.23. The summed E-state index contributed by atoms with van der Waals surface area (Å²) in [5.41, 5.74) is 1.31. The smallest absolute Gasteiger partial charge is 0.123 e. The third-order valence-corrected chi connectivity index (χ3v) is 3.80. The van der Waals surface area contributed by atoms with Gasteiger partial charge in [0, 0.05) is 31.2 Å². The summed E-state index contributed by atoms with van der Waals surface area (Å²) in [5, 5.41) is 3.48. The van der Waals surface area contributed by atoms with E-state index in [4.69, 9.17) is 4.74 Å². The van der Waals surface area contributed by atoms with Crippen LogP contribution in [0, 0.1) is 5.92 Å². The summed E-state index contributed by atoms with van der Waals surface area (Å²) < 4.78 is 5.76. The van der Waals surface area contributed by atoms with Crippen LogP contribution in [0.4, 0.5) is 0 Å². The van der Waals surface area contributed by atoms with Crippen molar-refractivity contribution >= 4 is 0 Å². The van der Waals surface area contributed by atoms with E-state index in [1.807, 2.05) is 6.92 Å². The molecule has 2 rings (SSSR count). The number of nitrogens with zero attached hydrogens (tertiary/aromatic N) is 1. The van der Waals surface area contributed by atoms with Crippen LogP contribution in [-0.2, 0) is 6.54 Å². The molecule has 3 heteroatoms. The Morgan fingerprint density at radius 2 is 2.15 bits per heavy atom. The van der Waals surface area contributed by atoms with Crippen molar-refractivity contribution < 1.29 is 4.74 Å². The van der Waals surface area contributed by atoms with Gasteiger partial charge in [0.05, 0.1) is 6.61 Å². The molecule has 0 bridgehead atoms. The molecule has 0 radical (unpaired) electrons. The Kier molecular flexibility index (Phi) is 5.86. The summed E-state index contributed by atoms with van der Waals surface area (Å²) in [5.74, 6) is 1.73. The van der Waals surface area contributed by atoms with Gasteiger partial charge in [-0.25, -0.2) is 0 Å². The minimum absolute atomic E-state index is 0.659. The normalized spacial score (nSPS) is 18.9. The van der Waals surface area contributed by atoms with Gasteiger partial charge >= 0.3 is 0 Å². The number of hydrogen-bond donors (Lipinski definition) is 1. The van der Waals surface area contributed by atoms with E-state index in [-0.39, 0.29) is 0 Å². The molecular formula is C17H28N2O. The molecular weight excluding hydrogens is 248 g/mol. The van der Waals surface area contributed by atoms with E-state index in [0.29, 0.717) is 12.0 Å². The number of ether oxygens (including phenoxy) is 1. The first-order chi connectivity index (χ1) is 9.70. The second-order valence-corrected chi connectivity index (χ2v) is 6.01. The SMILES string of the molecule is CCOc1ccccc1CN(CC(C)C)[C@H]1CCNC1. The Morgan fingerprint density at radius 1 is 1.35 bits per heavy atom. The van der Waals surface area contributed by atoms with Crippen molar-refractivity contribution in [3.05, 3.63) is 29.8 Å². The van der Waals surface area contributed by atoms with Gasteiger partial charge in [-0.1, -0.05) is 32.0 Å². The van der Waals surface area contributed by atoms with Gasteiger partial charge in [-0.15, -0.1) is 0 Å². The molecule has 1 aromatic rings. The van der Waals surface area contributed by atoms with Crippen LogP contribution in [0.25, 0.3) is 0 Å². The zero-order valence-corrected chi connectivity index (χ0v) is 13.1. The van der Waals surface area contributed by atoms with Crippen LogP contribution in [-0.4, -0.2) is 37.2 Å². The molecule has 1 heterocycles. The predicted molar refractivity (Wildman–Crippen MR) is 84.1 cm³/mol. The fraction of sp³-hybridized carbons (Fsp3) is 0.647. The zero-order valence-electron chi connectivity index (χ0n) is 13.1. The standard InChI is InChI=1S/C17H28N2O/c1-4-20-17-8-6-5-7-15(17)13-19(12-14(2)3)16-9-10-18-11-16/h5-8,14,16,18H,4,9-13H2,1-3H3/t16-/m0/s1. The van der Waals surface area contributed by atoms with Gasteiger partial charge in [0.1, 0.15) is 5.75 Å². The molecule has 0 spiro atoms. The van der Waals surface area contributed by atoms with Gasteiger partial charge in [-0.3, -0.25) is 4.90 Å². The van der Waals surface area contributed by atoms with Crippen molar-refractivity contribution in [2.24, 2.45) is 5.92 Å². The van der Waals surface area contributed by atoms with Gasteiger partial charge in [0.15, 0.2) is 0 Å². The van der Waals surface area contributed by atoms with E-state index in [9.17, 15) is 0 Å². The lowest BCUT2D eigenvalue weighted by Crippen LogP contribution is -2.38. The van der Waals surface area contributed by atoms with Crippen LogP contribution < -0.4 is 10.1 Å². The van der Waals surface area contributed by atoms with E-state index >= 15 is 0 Å².